The Kier molecular flexibility index (Phi) is 5.26. The van der Waals surface area contributed by atoms with Crippen LogP contribution in [0.3, 0.4) is 0 Å². The average Bonchev–Trinajstić information content (AvgIpc) is 3.20. The highest BCUT2D eigenvalue weighted by Crippen LogP contribution is 2.35. The summed E-state index contributed by atoms with van der Waals surface area (Å²) < 4.78 is 0. The molecule has 5 heteroatoms. The summed E-state index contributed by atoms with van der Waals surface area (Å²) in [5.74, 6) is 1.21. The Morgan fingerprint density at radius 2 is 2.23 bits per heavy atom. The van der Waals surface area contributed by atoms with E-state index in [1.54, 1.807) is 0 Å². The number of rotatable bonds is 5. The topological polar surface area (TPSA) is 52.6 Å². The van der Waals surface area contributed by atoms with Crippen molar-refractivity contribution in [3.05, 3.63) is 35.4 Å². The van der Waals surface area contributed by atoms with Crippen molar-refractivity contribution in [3.63, 3.8) is 0 Å². The van der Waals surface area contributed by atoms with E-state index in [0.29, 0.717) is 11.8 Å². The quantitative estimate of drug-likeness (QED) is 0.877. The molecule has 2 unspecified atom stereocenters. The summed E-state index contributed by atoms with van der Waals surface area (Å²) in [4.78, 5) is 14.4. The molecule has 2 aliphatic rings. The number of aliphatic hydroxyl groups excluding tert-OH is 1. The van der Waals surface area contributed by atoms with E-state index in [4.69, 9.17) is 0 Å². The molecule has 1 aliphatic carbocycles. The molecule has 1 fully saturated rings. The zero-order valence-corrected chi connectivity index (χ0v) is 13.6. The van der Waals surface area contributed by atoms with E-state index in [9.17, 15) is 9.90 Å². The Morgan fingerprint density at radius 3 is 3.00 bits per heavy atom. The number of aliphatic hydroxyl groups is 1. The van der Waals surface area contributed by atoms with Gasteiger partial charge in [-0.05, 0) is 42.6 Å². The van der Waals surface area contributed by atoms with Crippen molar-refractivity contribution in [1.82, 2.24) is 10.2 Å². The maximum atomic E-state index is 12.6. The van der Waals surface area contributed by atoms with Crippen molar-refractivity contribution in [2.24, 2.45) is 0 Å². The molecular weight excluding hydrogens is 296 g/mol. The highest BCUT2D eigenvalue weighted by Gasteiger charge is 2.30. The largest absolute Gasteiger partial charge is 0.395 e. The number of carbonyl (C=O) groups is 1. The number of aryl methyl sites for hydroxylation is 1. The van der Waals surface area contributed by atoms with Crippen molar-refractivity contribution < 1.29 is 9.90 Å². The first-order chi connectivity index (χ1) is 10.8. The van der Waals surface area contributed by atoms with Gasteiger partial charge in [-0.2, -0.15) is 11.8 Å². The SMILES string of the molecule is O=C(NCC1CCCS1)N(CCO)C1CCc2ccccc21. The van der Waals surface area contributed by atoms with E-state index in [1.165, 1.54) is 29.7 Å². The van der Waals surface area contributed by atoms with Crippen LogP contribution in [0.15, 0.2) is 24.3 Å². The van der Waals surface area contributed by atoms with E-state index in [1.807, 2.05) is 22.7 Å². The van der Waals surface area contributed by atoms with Crippen LogP contribution in [-0.2, 0) is 6.42 Å². The molecule has 3 rings (SSSR count). The molecule has 120 valence electrons. The number of benzene rings is 1. The van der Waals surface area contributed by atoms with E-state index in [-0.39, 0.29) is 18.7 Å². The van der Waals surface area contributed by atoms with E-state index < -0.39 is 0 Å². The van der Waals surface area contributed by atoms with Crippen LogP contribution in [0.1, 0.15) is 36.4 Å². The molecule has 2 amide bonds. The number of fused-ring (bicyclic) bond motifs is 1. The molecule has 1 aromatic carbocycles. The normalized spacial score (nSPS) is 23.3. The van der Waals surface area contributed by atoms with E-state index in [2.05, 4.69) is 23.5 Å². The third-order valence-corrected chi connectivity index (χ3v) is 5.98. The fourth-order valence-electron chi connectivity index (χ4n) is 3.47. The van der Waals surface area contributed by atoms with Gasteiger partial charge in [0.2, 0.25) is 0 Å². The number of amides is 2. The molecule has 0 radical (unpaired) electrons. The molecule has 1 aliphatic heterocycles. The van der Waals surface area contributed by atoms with Crippen molar-refractivity contribution in [3.8, 4) is 0 Å². The number of hydrogen-bond donors (Lipinski definition) is 2. The van der Waals surface area contributed by atoms with E-state index in [0.717, 1.165) is 19.4 Å². The lowest BCUT2D eigenvalue weighted by atomic mass is 10.1. The molecule has 2 atom stereocenters. The molecular formula is C17H24N2O2S. The minimum absolute atomic E-state index is 0.00423. The van der Waals surface area contributed by atoms with Gasteiger partial charge in [-0.15, -0.1) is 0 Å². The molecule has 1 aromatic rings. The molecule has 0 bridgehead atoms. The summed E-state index contributed by atoms with van der Waals surface area (Å²) >= 11 is 1.95. The molecule has 0 aromatic heterocycles. The number of hydrogen-bond acceptors (Lipinski definition) is 3. The standard InChI is InChI=1S/C17H24N2O2S/c20-10-9-19(17(21)18-12-14-5-3-11-22-14)16-8-7-13-4-1-2-6-15(13)16/h1-2,4,6,14,16,20H,3,5,7-12H2,(H,18,21). The smallest absolute Gasteiger partial charge is 0.318 e. The summed E-state index contributed by atoms with van der Waals surface area (Å²) in [6.45, 7) is 1.13. The molecule has 22 heavy (non-hydrogen) atoms. The van der Waals surface area contributed by atoms with Crippen molar-refractivity contribution >= 4 is 17.8 Å². The molecule has 2 N–H and O–H groups in total. The number of carbonyl (C=O) groups excluding carboxylic acids is 1. The van der Waals surface area contributed by atoms with Crippen LogP contribution in [0.25, 0.3) is 0 Å². The summed E-state index contributed by atoms with van der Waals surface area (Å²) in [7, 11) is 0. The number of nitrogens with zero attached hydrogens (tertiary/aromatic N) is 1. The second-order valence-corrected chi connectivity index (χ2v) is 7.40. The highest BCUT2D eigenvalue weighted by molar-refractivity contribution is 8.00. The zero-order valence-electron chi connectivity index (χ0n) is 12.8. The van der Waals surface area contributed by atoms with Gasteiger partial charge in [-0.1, -0.05) is 24.3 Å². The van der Waals surface area contributed by atoms with Crippen LogP contribution >= 0.6 is 11.8 Å². The summed E-state index contributed by atoms with van der Waals surface area (Å²) in [5, 5.41) is 13.0. The Bertz CT molecular complexity index is 517. The van der Waals surface area contributed by atoms with Crippen molar-refractivity contribution in [1.29, 1.82) is 0 Å². The van der Waals surface area contributed by atoms with Crippen LogP contribution in [0.5, 0.6) is 0 Å². The number of thioether (sulfide) groups is 1. The summed E-state index contributed by atoms with van der Waals surface area (Å²) in [6, 6.07) is 8.38. The van der Waals surface area contributed by atoms with Crippen LogP contribution < -0.4 is 5.32 Å². The van der Waals surface area contributed by atoms with Gasteiger partial charge in [0, 0.05) is 18.3 Å². The molecule has 0 spiro atoms. The molecule has 1 saturated heterocycles. The zero-order chi connectivity index (χ0) is 15.4. The van der Waals surface area contributed by atoms with E-state index >= 15 is 0 Å². The van der Waals surface area contributed by atoms with Gasteiger partial charge < -0.3 is 15.3 Å². The number of urea groups is 1. The van der Waals surface area contributed by atoms with Crippen LogP contribution in [0, 0.1) is 0 Å². The van der Waals surface area contributed by atoms with Gasteiger partial charge in [0.25, 0.3) is 0 Å². The first-order valence-electron chi connectivity index (χ1n) is 8.14. The maximum Gasteiger partial charge on any atom is 0.318 e. The minimum atomic E-state index is -0.0387. The van der Waals surface area contributed by atoms with Gasteiger partial charge in [-0.25, -0.2) is 4.79 Å². The summed E-state index contributed by atoms with van der Waals surface area (Å²) in [5.41, 5.74) is 2.57. The third-order valence-electron chi connectivity index (χ3n) is 4.58. The second kappa shape index (κ2) is 7.38. The monoisotopic (exact) mass is 320 g/mol. The molecule has 4 nitrogen and oxygen atoms in total. The Labute approximate surface area is 136 Å². The predicted octanol–water partition coefficient (Wildman–Crippen LogP) is 2.57. The van der Waals surface area contributed by atoms with Crippen molar-refractivity contribution in [2.45, 2.75) is 37.0 Å². The van der Waals surface area contributed by atoms with Gasteiger partial charge >= 0.3 is 6.03 Å². The maximum absolute atomic E-state index is 12.6. The van der Waals surface area contributed by atoms with Crippen LogP contribution in [0.2, 0.25) is 0 Å². The fourth-order valence-corrected chi connectivity index (χ4v) is 4.67. The Balaban J connectivity index is 1.65. The summed E-state index contributed by atoms with van der Waals surface area (Å²) in [6.07, 6.45) is 4.40. The lowest BCUT2D eigenvalue weighted by Crippen LogP contribution is -2.44. The average molecular weight is 320 g/mol. The van der Waals surface area contributed by atoms with Gasteiger partial charge in [0.1, 0.15) is 0 Å². The Morgan fingerprint density at radius 1 is 1.36 bits per heavy atom. The molecule has 1 heterocycles. The van der Waals surface area contributed by atoms with Gasteiger partial charge in [-0.3, -0.25) is 0 Å². The van der Waals surface area contributed by atoms with Gasteiger partial charge in [0.15, 0.2) is 0 Å². The first kappa shape index (κ1) is 15.7. The first-order valence-corrected chi connectivity index (χ1v) is 9.19. The Hall–Kier alpha value is -1.20. The molecule has 0 saturated carbocycles. The lowest BCUT2D eigenvalue weighted by Gasteiger charge is -2.29. The minimum Gasteiger partial charge on any atom is -0.395 e. The second-order valence-electron chi connectivity index (χ2n) is 5.99. The van der Waals surface area contributed by atoms with Crippen molar-refractivity contribution in [2.75, 3.05) is 25.4 Å². The van der Waals surface area contributed by atoms with Crippen LogP contribution in [-0.4, -0.2) is 46.7 Å². The third kappa shape index (κ3) is 3.41. The number of nitrogens with one attached hydrogen (secondary N) is 1. The fraction of sp³-hybridized carbons (Fsp3) is 0.588. The highest BCUT2D eigenvalue weighted by atomic mass is 32.2. The van der Waals surface area contributed by atoms with Crippen LogP contribution in [0.4, 0.5) is 4.79 Å². The van der Waals surface area contributed by atoms with Gasteiger partial charge in [0.05, 0.1) is 12.6 Å². The lowest BCUT2D eigenvalue weighted by molar-refractivity contribution is 0.151. The predicted molar refractivity (Wildman–Crippen MR) is 90.2 cm³/mol.